The lowest BCUT2D eigenvalue weighted by Crippen LogP contribution is -2.29. The minimum absolute atomic E-state index is 0.822. The Morgan fingerprint density at radius 3 is 2.25 bits per heavy atom. The van der Waals surface area contributed by atoms with E-state index in [1.54, 1.807) is 0 Å². The molecule has 0 radical (unpaired) electrons. The normalized spacial score (nSPS) is 15.8. The lowest BCUT2D eigenvalue weighted by molar-refractivity contribution is 0.449. The average Bonchev–Trinajstić information content (AvgIpc) is 2.53. The van der Waals surface area contributed by atoms with Crippen LogP contribution in [-0.2, 0) is 6.54 Å². The summed E-state index contributed by atoms with van der Waals surface area (Å²) in [6, 6.07) is 9.15. The highest BCUT2D eigenvalue weighted by Gasteiger charge is 2.10. The second-order valence-corrected chi connectivity index (χ2v) is 6.03. The Balaban J connectivity index is 1.79. The third-order valence-electron chi connectivity index (χ3n) is 4.57. The highest BCUT2D eigenvalue weighted by Crippen LogP contribution is 2.20. The molecule has 1 saturated heterocycles. The molecular weight excluding hydrogens is 244 g/mol. The van der Waals surface area contributed by atoms with Crippen molar-refractivity contribution < 1.29 is 0 Å². The van der Waals surface area contributed by atoms with E-state index in [4.69, 9.17) is 0 Å². The topological polar surface area (TPSA) is 15.3 Å². The van der Waals surface area contributed by atoms with Gasteiger partial charge in [-0.2, -0.15) is 0 Å². The number of hydrogen-bond acceptors (Lipinski definition) is 2. The van der Waals surface area contributed by atoms with Gasteiger partial charge in [0.2, 0.25) is 0 Å². The summed E-state index contributed by atoms with van der Waals surface area (Å²) >= 11 is 0. The van der Waals surface area contributed by atoms with Gasteiger partial charge in [-0.3, -0.25) is 0 Å². The van der Waals surface area contributed by atoms with Crippen molar-refractivity contribution in [3.63, 3.8) is 0 Å². The Labute approximate surface area is 124 Å². The third-order valence-corrected chi connectivity index (χ3v) is 4.57. The number of anilines is 1. The van der Waals surface area contributed by atoms with E-state index in [1.165, 1.54) is 56.4 Å². The summed E-state index contributed by atoms with van der Waals surface area (Å²) in [4.78, 5) is 2.52. The summed E-state index contributed by atoms with van der Waals surface area (Å²) in [6.45, 7) is 9.16. The fraction of sp³-hybridized carbons (Fsp3) is 0.667. The van der Waals surface area contributed by atoms with Crippen LogP contribution in [0.15, 0.2) is 24.3 Å². The van der Waals surface area contributed by atoms with Crippen molar-refractivity contribution in [1.82, 2.24) is 5.32 Å². The Hall–Kier alpha value is -1.02. The average molecular weight is 274 g/mol. The molecule has 1 aliphatic rings. The summed E-state index contributed by atoms with van der Waals surface area (Å²) in [5, 5.41) is 3.59. The fourth-order valence-electron chi connectivity index (χ4n) is 2.97. The van der Waals surface area contributed by atoms with Crippen LogP contribution in [0.3, 0.4) is 0 Å². The fourth-order valence-corrected chi connectivity index (χ4v) is 2.97. The first-order chi connectivity index (χ1) is 9.83. The smallest absolute Gasteiger partial charge is 0.0366 e. The monoisotopic (exact) mass is 274 g/mol. The van der Waals surface area contributed by atoms with Crippen LogP contribution in [0.25, 0.3) is 0 Å². The van der Waals surface area contributed by atoms with Gasteiger partial charge in [-0.25, -0.2) is 0 Å². The van der Waals surface area contributed by atoms with Gasteiger partial charge in [0.05, 0.1) is 0 Å². The molecule has 2 nitrogen and oxygen atoms in total. The van der Waals surface area contributed by atoms with Gasteiger partial charge >= 0.3 is 0 Å². The largest absolute Gasteiger partial charge is 0.372 e. The number of nitrogens with zero attached hydrogens (tertiary/aromatic N) is 1. The van der Waals surface area contributed by atoms with Crippen molar-refractivity contribution >= 4 is 5.69 Å². The molecule has 0 atom stereocenters. The second-order valence-electron chi connectivity index (χ2n) is 6.03. The highest BCUT2D eigenvalue weighted by atomic mass is 15.1. The predicted octanol–water partition coefficient (Wildman–Crippen LogP) is 4.20. The molecule has 0 saturated carbocycles. The molecule has 0 aromatic heterocycles. The van der Waals surface area contributed by atoms with E-state index < -0.39 is 0 Å². The molecule has 0 unspecified atom stereocenters. The minimum atomic E-state index is 0.822. The maximum Gasteiger partial charge on any atom is 0.0366 e. The Morgan fingerprint density at radius 1 is 1.00 bits per heavy atom. The van der Waals surface area contributed by atoms with Crippen LogP contribution >= 0.6 is 0 Å². The van der Waals surface area contributed by atoms with Crippen LogP contribution in [0, 0.1) is 5.92 Å². The van der Waals surface area contributed by atoms with Crippen molar-refractivity contribution in [3.05, 3.63) is 29.8 Å². The first-order valence-corrected chi connectivity index (χ1v) is 8.38. The van der Waals surface area contributed by atoms with E-state index in [-0.39, 0.29) is 0 Å². The molecule has 1 aromatic rings. The molecule has 0 bridgehead atoms. The first kappa shape index (κ1) is 15.4. The number of hydrogen-bond donors (Lipinski definition) is 1. The lowest BCUT2D eigenvalue weighted by Gasteiger charge is -2.28. The van der Waals surface area contributed by atoms with E-state index in [2.05, 4.69) is 48.3 Å². The molecule has 20 heavy (non-hydrogen) atoms. The van der Waals surface area contributed by atoms with E-state index in [1.807, 2.05) is 0 Å². The van der Waals surface area contributed by atoms with Gasteiger partial charge < -0.3 is 10.2 Å². The van der Waals surface area contributed by atoms with Gasteiger partial charge in [0, 0.05) is 25.3 Å². The van der Waals surface area contributed by atoms with Gasteiger partial charge in [0.1, 0.15) is 0 Å². The van der Waals surface area contributed by atoms with E-state index >= 15 is 0 Å². The minimum Gasteiger partial charge on any atom is -0.372 e. The highest BCUT2D eigenvalue weighted by molar-refractivity contribution is 5.47. The van der Waals surface area contributed by atoms with Crippen LogP contribution in [0.5, 0.6) is 0 Å². The van der Waals surface area contributed by atoms with Crippen molar-refractivity contribution in [2.45, 2.75) is 52.5 Å². The number of piperidine rings is 1. The quantitative estimate of drug-likeness (QED) is 0.801. The SMILES string of the molecule is CCC(CC)CNCc1ccc(N2CCCCC2)cc1. The molecule has 1 aliphatic heterocycles. The molecule has 0 spiro atoms. The first-order valence-electron chi connectivity index (χ1n) is 8.38. The van der Waals surface area contributed by atoms with Crippen molar-refractivity contribution in [1.29, 1.82) is 0 Å². The summed E-state index contributed by atoms with van der Waals surface area (Å²) in [6.07, 6.45) is 6.64. The van der Waals surface area contributed by atoms with Crippen LogP contribution in [-0.4, -0.2) is 19.6 Å². The van der Waals surface area contributed by atoms with Crippen LogP contribution in [0.1, 0.15) is 51.5 Å². The zero-order valence-electron chi connectivity index (χ0n) is 13.2. The maximum atomic E-state index is 3.59. The van der Waals surface area contributed by atoms with Gasteiger partial charge in [-0.1, -0.05) is 38.8 Å². The van der Waals surface area contributed by atoms with Crippen LogP contribution in [0.2, 0.25) is 0 Å². The zero-order chi connectivity index (χ0) is 14.2. The molecule has 2 heteroatoms. The maximum absolute atomic E-state index is 3.59. The number of nitrogens with one attached hydrogen (secondary N) is 1. The Kier molecular flexibility index (Phi) is 6.38. The van der Waals surface area contributed by atoms with E-state index in [0.717, 1.165) is 19.0 Å². The third kappa shape index (κ3) is 4.52. The van der Waals surface area contributed by atoms with Crippen LogP contribution in [0.4, 0.5) is 5.69 Å². The molecular formula is C18H30N2. The predicted molar refractivity (Wildman–Crippen MR) is 88.3 cm³/mol. The Bertz CT molecular complexity index is 362. The van der Waals surface area contributed by atoms with Gasteiger partial charge in [-0.05, 0) is 49.4 Å². The van der Waals surface area contributed by atoms with Gasteiger partial charge in [-0.15, -0.1) is 0 Å². The standard InChI is InChI=1S/C18H30N2/c1-3-16(4-2)14-19-15-17-8-10-18(11-9-17)20-12-6-5-7-13-20/h8-11,16,19H,3-7,12-15H2,1-2H3. The summed E-state index contributed by atoms with van der Waals surface area (Å²) in [7, 11) is 0. The lowest BCUT2D eigenvalue weighted by atomic mass is 10.0. The number of rotatable bonds is 7. The summed E-state index contributed by atoms with van der Waals surface area (Å²) < 4.78 is 0. The van der Waals surface area contributed by atoms with E-state index in [9.17, 15) is 0 Å². The molecule has 1 N–H and O–H groups in total. The molecule has 0 aliphatic carbocycles. The van der Waals surface area contributed by atoms with Gasteiger partial charge in [0.15, 0.2) is 0 Å². The molecule has 112 valence electrons. The molecule has 0 amide bonds. The zero-order valence-corrected chi connectivity index (χ0v) is 13.2. The van der Waals surface area contributed by atoms with Crippen LogP contribution < -0.4 is 10.2 Å². The molecule has 1 aromatic carbocycles. The summed E-state index contributed by atoms with van der Waals surface area (Å²) in [5.41, 5.74) is 2.80. The Morgan fingerprint density at radius 2 is 1.65 bits per heavy atom. The van der Waals surface area contributed by atoms with Crippen molar-refractivity contribution in [2.24, 2.45) is 5.92 Å². The van der Waals surface area contributed by atoms with Crippen molar-refractivity contribution in [2.75, 3.05) is 24.5 Å². The van der Waals surface area contributed by atoms with Gasteiger partial charge in [0.25, 0.3) is 0 Å². The number of benzene rings is 1. The summed E-state index contributed by atoms with van der Waals surface area (Å²) in [5.74, 6) is 0.822. The van der Waals surface area contributed by atoms with E-state index in [0.29, 0.717) is 0 Å². The van der Waals surface area contributed by atoms with Crippen molar-refractivity contribution in [3.8, 4) is 0 Å². The molecule has 1 heterocycles. The second kappa shape index (κ2) is 8.31. The molecule has 2 rings (SSSR count). The molecule has 1 fully saturated rings.